The molecule has 1 aromatic heterocycles. The van der Waals surface area contributed by atoms with Gasteiger partial charge in [0.25, 0.3) is 0 Å². The maximum absolute atomic E-state index is 13.6. The number of nitrogens with zero attached hydrogens (tertiary/aromatic N) is 3. The third-order valence-electron chi connectivity index (χ3n) is 3.83. The summed E-state index contributed by atoms with van der Waals surface area (Å²) in [5.41, 5.74) is 8.70. The summed E-state index contributed by atoms with van der Waals surface area (Å²) in [4.78, 5) is 8.50. The number of fused-ring (bicyclic) bond motifs is 1. The van der Waals surface area contributed by atoms with Crippen molar-refractivity contribution in [3.05, 3.63) is 47.9 Å². The van der Waals surface area contributed by atoms with Gasteiger partial charge >= 0.3 is 0 Å². The smallest absolute Gasteiger partial charge is 0.125 e. The van der Waals surface area contributed by atoms with Gasteiger partial charge in [0.2, 0.25) is 0 Å². The summed E-state index contributed by atoms with van der Waals surface area (Å²) in [6.45, 7) is 2.57. The Kier molecular flexibility index (Phi) is 3.64. The fourth-order valence-corrected chi connectivity index (χ4v) is 2.73. The molecule has 0 aliphatic carbocycles. The highest BCUT2D eigenvalue weighted by atomic mass is 19.1. The third-order valence-corrected chi connectivity index (χ3v) is 3.83. The van der Waals surface area contributed by atoms with E-state index in [1.54, 1.807) is 18.3 Å². The summed E-state index contributed by atoms with van der Waals surface area (Å²) < 4.78 is 13.6. The zero-order valence-corrected chi connectivity index (χ0v) is 12.1. The number of rotatable bonds is 2. The molecular formula is C16H19FN4. The van der Waals surface area contributed by atoms with Crippen molar-refractivity contribution in [2.45, 2.75) is 13.0 Å². The Morgan fingerprint density at radius 3 is 2.81 bits per heavy atom. The Morgan fingerprint density at radius 1 is 1.19 bits per heavy atom. The largest absolute Gasteiger partial charge is 0.384 e. The molecule has 1 aromatic carbocycles. The average Bonchev–Trinajstić information content (AvgIpc) is 2.61. The predicted octanol–water partition coefficient (Wildman–Crippen LogP) is 2.65. The minimum Gasteiger partial charge on any atom is -0.384 e. The van der Waals surface area contributed by atoms with Gasteiger partial charge < -0.3 is 15.5 Å². The first kappa shape index (κ1) is 13.7. The minimum absolute atomic E-state index is 0.204. The highest BCUT2D eigenvalue weighted by Crippen LogP contribution is 2.33. The van der Waals surface area contributed by atoms with Crippen LogP contribution in [-0.2, 0) is 6.54 Å². The molecule has 2 heterocycles. The van der Waals surface area contributed by atoms with Gasteiger partial charge in [0.1, 0.15) is 11.6 Å². The van der Waals surface area contributed by atoms with Gasteiger partial charge in [-0.25, -0.2) is 9.37 Å². The molecule has 0 unspecified atom stereocenters. The molecule has 0 spiro atoms. The summed E-state index contributed by atoms with van der Waals surface area (Å²) in [6, 6.07) is 8.75. The predicted molar refractivity (Wildman–Crippen MR) is 84.0 cm³/mol. The number of nitrogen functional groups attached to an aromatic ring is 1. The van der Waals surface area contributed by atoms with Crippen molar-refractivity contribution in [2.75, 3.05) is 35.7 Å². The number of hydrogen-bond donors (Lipinski definition) is 1. The molecule has 0 bridgehead atoms. The standard InChI is InChI=1S/C16H19FN4/c1-20-7-2-8-21(11-12-3-6-16(18)19-10-12)15-9-13(17)4-5-14(15)20/h3-6,9-10H,2,7-8,11H2,1H3,(H2,18,19). The first-order valence-electron chi connectivity index (χ1n) is 7.09. The van der Waals surface area contributed by atoms with E-state index in [1.807, 2.05) is 19.2 Å². The average molecular weight is 286 g/mol. The van der Waals surface area contributed by atoms with Crippen LogP contribution in [0, 0.1) is 5.82 Å². The SMILES string of the molecule is CN1CCCN(Cc2ccc(N)nc2)c2cc(F)ccc21. The van der Waals surface area contributed by atoms with E-state index in [9.17, 15) is 4.39 Å². The second-order valence-electron chi connectivity index (χ2n) is 5.42. The van der Waals surface area contributed by atoms with Gasteiger partial charge in [-0.3, -0.25) is 0 Å². The number of anilines is 3. The summed E-state index contributed by atoms with van der Waals surface area (Å²) in [7, 11) is 2.05. The first-order chi connectivity index (χ1) is 10.1. The van der Waals surface area contributed by atoms with Crippen LogP contribution in [0.2, 0.25) is 0 Å². The molecule has 0 saturated heterocycles. The van der Waals surface area contributed by atoms with E-state index >= 15 is 0 Å². The summed E-state index contributed by atoms with van der Waals surface area (Å²) in [6.07, 6.45) is 2.82. The molecule has 2 N–H and O–H groups in total. The molecule has 110 valence electrons. The van der Waals surface area contributed by atoms with Crippen molar-refractivity contribution >= 4 is 17.2 Å². The van der Waals surface area contributed by atoms with Gasteiger partial charge in [-0.15, -0.1) is 0 Å². The van der Waals surface area contributed by atoms with E-state index in [0.29, 0.717) is 12.4 Å². The number of hydrogen-bond acceptors (Lipinski definition) is 4. The number of halogens is 1. The lowest BCUT2D eigenvalue weighted by Crippen LogP contribution is -2.23. The Bertz CT molecular complexity index is 627. The number of nitrogens with two attached hydrogens (primary N) is 1. The van der Waals surface area contributed by atoms with Gasteiger partial charge in [-0.05, 0) is 36.2 Å². The molecule has 0 saturated carbocycles. The van der Waals surface area contributed by atoms with Crippen LogP contribution < -0.4 is 15.5 Å². The zero-order chi connectivity index (χ0) is 14.8. The fourth-order valence-electron chi connectivity index (χ4n) is 2.73. The molecule has 0 atom stereocenters. The van der Waals surface area contributed by atoms with Crippen molar-refractivity contribution in [3.8, 4) is 0 Å². The highest BCUT2D eigenvalue weighted by molar-refractivity contribution is 5.72. The van der Waals surface area contributed by atoms with Gasteiger partial charge in [0.15, 0.2) is 0 Å². The molecule has 0 fully saturated rings. The minimum atomic E-state index is -0.204. The normalized spacial score (nSPS) is 14.8. The van der Waals surface area contributed by atoms with E-state index in [2.05, 4.69) is 14.8 Å². The van der Waals surface area contributed by atoms with Crippen LogP contribution in [0.3, 0.4) is 0 Å². The molecule has 3 rings (SSSR count). The van der Waals surface area contributed by atoms with E-state index in [4.69, 9.17) is 5.73 Å². The zero-order valence-electron chi connectivity index (χ0n) is 12.1. The molecule has 21 heavy (non-hydrogen) atoms. The second kappa shape index (κ2) is 5.60. The second-order valence-corrected chi connectivity index (χ2v) is 5.42. The Hall–Kier alpha value is -2.30. The van der Waals surface area contributed by atoms with E-state index in [-0.39, 0.29) is 5.82 Å². The van der Waals surface area contributed by atoms with E-state index in [0.717, 1.165) is 36.4 Å². The van der Waals surface area contributed by atoms with Crippen molar-refractivity contribution in [2.24, 2.45) is 0 Å². The van der Waals surface area contributed by atoms with Gasteiger partial charge in [0, 0.05) is 32.9 Å². The molecule has 1 aliphatic rings. The number of pyridine rings is 1. The van der Waals surface area contributed by atoms with Crippen molar-refractivity contribution in [1.82, 2.24) is 4.98 Å². The Balaban J connectivity index is 1.93. The Morgan fingerprint density at radius 2 is 2.05 bits per heavy atom. The van der Waals surface area contributed by atoms with Crippen LogP contribution in [0.25, 0.3) is 0 Å². The third kappa shape index (κ3) is 2.91. The van der Waals surface area contributed by atoms with Crippen LogP contribution in [0.4, 0.5) is 21.6 Å². The summed E-state index contributed by atoms with van der Waals surface area (Å²) >= 11 is 0. The van der Waals surface area contributed by atoms with Crippen LogP contribution in [0.15, 0.2) is 36.5 Å². The lowest BCUT2D eigenvalue weighted by atomic mass is 10.2. The van der Waals surface area contributed by atoms with Crippen LogP contribution in [-0.4, -0.2) is 25.1 Å². The molecular weight excluding hydrogens is 267 g/mol. The summed E-state index contributed by atoms with van der Waals surface area (Å²) in [5.74, 6) is 0.310. The quantitative estimate of drug-likeness (QED) is 0.922. The molecule has 0 amide bonds. The molecule has 2 aromatic rings. The number of benzene rings is 1. The van der Waals surface area contributed by atoms with Gasteiger partial charge in [0.05, 0.1) is 11.4 Å². The maximum Gasteiger partial charge on any atom is 0.125 e. The number of aromatic nitrogens is 1. The summed E-state index contributed by atoms with van der Waals surface area (Å²) in [5, 5.41) is 0. The van der Waals surface area contributed by atoms with E-state index in [1.165, 1.54) is 6.07 Å². The van der Waals surface area contributed by atoms with Crippen LogP contribution in [0.1, 0.15) is 12.0 Å². The van der Waals surface area contributed by atoms with E-state index < -0.39 is 0 Å². The maximum atomic E-state index is 13.6. The van der Waals surface area contributed by atoms with Gasteiger partial charge in [-0.2, -0.15) is 0 Å². The Labute approximate surface area is 124 Å². The molecule has 5 heteroatoms. The topological polar surface area (TPSA) is 45.4 Å². The van der Waals surface area contributed by atoms with Crippen molar-refractivity contribution in [3.63, 3.8) is 0 Å². The molecule has 4 nitrogen and oxygen atoms in total. The van der Waals surface area contributed by atoms with Crippen LogP contribution >= 0.6 is 0 Å². The molecule has 1 aliphatic heterocycles. The van der Waals surface area contributed by atoms with Gasteiger partial charge in [-0.1, -0.05) is 6.07 Å². The fraction of sp³-hybridized carbons (Fsp3) is 0.312. The monoisotopic (exact) mass is 286 g/mol. The van der Waals surface area contributed by atoms with Crippen molar-refractivity contribution in [1.29, 1.82) is 0 Å². The molecule has 0 radical (unpaired) electrons. The highest BCUT2D eigenvalue weighted by Gasteiger charge is 2.19. The lowest BCUT2D eigenvalue weighted by Gasteiger charge is -2.26. The van der Waals surface area contributed by atoms with Crippen LogP contribution in [0.5, 0.6) is 0 Å². The lowest BCUT2D eigenvalue weighted by molar-refractivity contribution is 0.626. The van der Waals surface area contributed by atoms with Crippen molar-refractivity contribution < 1.29 is 4.39 Å². The first-order valence-corrected chi connectivity index (χ1v) is 7.09.